The van der Waals surface area contributed by atoms with Crippen molar-refractivity contribution in [2.75, 3.05) is 5.32 Å². The van der Waals surface area contributed by atoms with Gasteiger partial charge in [0.15, 0.2) is 0 Å². The van der Waals surface area contributed by atoms with Crippen LogP contribution in [0.3, 0.4) is 0 Å². The Balaban J connectivity index is 2.34. The maximum Gasteiger partial charge on any atom is 0.243 e. The van der Waals surface area contributed by atoms with Crippen molar-refractivity contribution in [2.24, 2.45) is 12.8 Å². The zero-order valence-corrected chi connectivity index (χ0v) is 10.3. The minimum absolute atomic E-state index is 0.295. The third-order valence-corrected chi connectivity index (χ3v) is 2.85. The molecular weight excluding hydrogens is 235 g/mol. The van der Waals surface area contributed by atoms with E-state index in [1.807, 2.05) is 6.92 Å². The van der Waals surface area contributed by atoms with Crippen LogP contribution in [0.1, 0.15) is 13.3 Å². The molecule has 2 aromatic rings. The predicted octanol–water partition coefficient (Wildman–Crippen LogP) is 1.39. The molecule has 1 aromatic carbocycles. The van der Waals surface area contributed by atoms with Crippen LogP contribution in [-0.4, -0.2) is 21.5 Å². The molecule has 6 heteroatoms. The minimum atomic E-state index is -0.568. The second-order valence-corrected chi connectivity index (χ2v) is 4.13. The zero-order valence-electron chi connectivity index (χ0n) is 10.3. The smallest absolute Gasteiger partial charge is 0.243 e. The van der Waals surface area contributed by atoms with Gasteiger partial charge in [0.25, 0.3) is 0 Å². The molecule has 18 heavy (non-hydrogen) atoms. The van der Waals surface area contributed by atoms with Gasteiger partial charge in [-0.2, -0.15) is 0 Å². The summed E-state index contributed by atoms with van der Waals surface area (Å²) in [7, 11) is 1.75. The molecule has 1 heterocycles. The summed E-state index contributed by atoms with van der Waals surface area (Å²) in [6.45, 7) is 1.83. The predicted molar refractivity (Wildman–Crippen MR) is 67.6 cm³/mol. The number of imidazole rings is 1. The van der Waals surface area contributed by atoms with Gasteiger partial charge in [0.2, 0.25) is 11.9 Å². The summed E-state index contributed by atoms with van der Waals surface area (Å²) in [6, 6.07) is 3.73. The fourth-order valence-electron chi connectivity index (χ4n) is 1.67. The van der Waals surface area contributed by atoms with Gasteiger partial charge in [-0.3, -0.25) is 10.1 Å². The molecule has 0 unspecified atom stereocenters. The highest BCUT2D eigenvalue weighted by Gasteiger charge is 2.15. The molecule has 1 aromatic heterocycles. The lowest BCUT2D eigenvalue weighted by Gasteiger charge is -2.09. The van der Waals surface area contributed by atoms with Gasteiger partial charge in [-0.05, 0) is 18.6 Å². The van der Waals surface area contributed by atoms with Crippen LogP contribution in [0.15, 0.2) is 18.2 Å². The molecule has 0 saturated heterocycles. The lowest BCUT2D eigenvalue weighted by molar-refractivity contribution is -0.117. The highest BCUT2D eigenvalue weighted by molar-refractivity contribution is 5.94. The average molecular weight is 250 g/mol. The second-order valence-electron chi connectivity index (χ2n) is 4.13. The fraction of sp³-hybridized carbons (Fsp3) is 0.333. The van der Waals surface area contributed by atoms with Crippen molar-refractivity contribution in [2.45, 2.75) is 19.4 Å². The zero-order chi connectivity index (χ0) is 13.3. The number of carbonyl (C=O) groups excluding carboxylic acids is 1. The Kier molecular flexibility index (Phi) is 3.29. The average Bonchev–Trinajstić information content (AvgIpc) is 2.64. The summed E-state index contributed by atoms with van der Waals surface area (Å²) < 4.78 is 14.8. The van der Waals surface area contributed by atoms with Crippen molar-refractivity contribution >= 4 is 22.9 Å². The number of amides is 1. The second kappa shape index (κ2) is 4.73. The normalized spacial score (nSPS) is 12.7. The molecule has 2 rings (SSSR count). The van der Waals surface area contributed by atoms with Crippen molar-refractivity contribution < 1.29 is 9.18 Å². The first-order valence-corrected chi connectivity index (χ1v) is 5.71. The number of rotatable bonds is 3. The first kappa shape index (κ1) is 12.5. The fourth-order valence-corrected chi connectivity index (χ4v) is 1.67. The van der Waals surface area contributed by atoms with Gasteiger partial charge in [-0.15, -0.1) is 0 Å². The standard InChI is InChI=1S/C12H15FN4O/c1-3-8(14)11(18)16-12-15-9-6-7(13)4-5-10(9)17(12)2/h4-6,8H,3,14H2,1-2H3,(H,15,16,18)/t8-/m0/s1. The maximum atomic E-state index is 13.1. The number of nitrogens with zero attached hydrogens (tertiary/aromatic N) is 2. The first-order chi connectivity index (χ1) is 8.52. The Morgan fingerprint density at radius 2 is 2.33 bits per heavy atom. The number of aromatic nitrogens is 2. The van der Waals surface area contributed by atoms with Crippen molar-refractivity contribution in [1.82, 2.24) is 9.55 Å². The van der Waals surface area contributed by atoms with E-state index in [4.69, 9.17) is 5.73 Å². The van der Waals surface area contributed by atoms with E-state index in [2.05, 4.69) is 10.3 Å². The van der Waals surface area contributed by atoms with Gasteiger partial charge in [0.05, 0.1) is 17.1 Å². The molecule has 0 fully saturated rings. The van der Waals surface area contributed by atoms with Crippen molar-refractivity contribution in [1.29, 1.82) is 0 Å². The summed E-state index contributed by atoms with van der Waals surface area (Å²) in [4.78, 5) is 15.8. The number of aryl methyl sites for hydroxylation is 1. The molecule has 3 N–H and O–H groups in total. The number of nitrogens with one attached hydrogen (secondary N) is 1. The van der Waals surface area contributed by atoms with E-state index in [-0.39, 0.29) is 11.7 Å². The van der Waals surface area contributed by atoms with Crippen LogP contribution < -0.4 is 11.1 Å². The van der Waals surface area contributed by atoms with Crippen LogP contribution in [-0.2, 0) is 11.8 Å². The van der Waals surface area contributed by atoms with Gasteiger partial charge >= 0.3 is 0 Å². The number of benzene rings is 1. The number of nitrogens with two attached hydrogens (primary N) is 1. The number of fused-ring (bicyclic) bond motifs is 1. The summed E-state index contributed by atoms with van der Waals surface area (Å²) >= 11 is 0. The minimum Gasteiger partial charge on any atom is -0.320 e. The number of hydrogen-bond donors (Lipinski definition) is 2. The molecule has 0 radical (unpaired) electrons. The molecule has 0 aliphatic carbocycles. The Morgan fingerprint density at radius 3 is 3.00 bits per heavy atom. The van der Waals surface area contributed by atoms with E-state index < -0.39 is 6.04 Å². The number of halogens is 1. The van der Waals surface area contributed by atoms with E-state index in [0.717, 1.165) is 5.52 Å². The highest BCUT2D eigenvalue weighted by Crippen LogP contribution is 2.19. The number of anilines is 1. The van der Waals surface area contributed by atoms with Gasteiger partial charge in [0.1, 0.15) is 5.82 Å². The van der Waals surface area contributed by atoms with Gasteiger partial charge < -0.3 is 10.3 Å². The molecule has 96 valence electrons. The summed E-state index contributed by atoms with van der Waals surface area (Å²) in [5, 5.41) is 2.64. The largest absolute Gasteiger partial charge is 0.320 e. The molecule has 5 nitrogen and oxygen atoms in total. The Hall–Kier alpha value is -1.95. The van der Waals surface area contributed by atoms with E-state index in [9.17, 15) is 9.18 Å². The lowest BCUT2D eigenvalue weighted by Crippen LogP contribution is -2.35. The van der Waals surface area contributed by atoms with Gasteiger partial charge in [-0.1, -0.05) is 6.92 Å². The molecule has 1 atom stereocenters. The van der Waals surface area contributed by atoms with Crippen LogP contribution in [0, 0.1) is 5.82 Å². The van der Waals surface area contributed by atoms with E-state index in [1.54, 1.807) is 17.7 Å². The van der Waals surface area contributed by atoms with Crippen LogP contribution in [0.5, 0.6) is 0 Å². The van der Waals surface area contributed by atoms with Crippen molar-refractivity contribution in [3.63, 3.8) is 0 Å². The van der Waals surface area contributed by atoms with E-state index in [0.29, 0.717) is 17.9 Å². The third kappa shape index (κ3) is 2.19. The SMILES string of the molecule is CC[C@H](N)C(=O)Nc1nc2cc(F)ccc2n1C. The van der Waals surface area contributed by atoms with Gasteiger partial charge in [-0.25, -0.2) is 9.37 Å². The van der Waals surface area contributed by atoms with Crippen LogP contribution >= 0.6 is 0 Å². The Labute approximate surface area is 104 Å². The van der Waals surface area contributed by atoms with Crippen LogP contribution in [0.4, 0.5) is 10.3 Å². The van der Waals surface area contributed by atoms with E-state index in [1.165, 1.54) is 12.1 Å². The number of carbonyl (C=O) groups is 1. The van der Waals surface area contributed by atoms with Crippen molar-refractivity contribution in [3.8, 4) is 0 Å². The van der Waals surface area contributed by atoms with Crippen LogP contribution in [0.2, 0.25) is 0 Å². The topological polar surface area (TPSA) is 72.9 Å². The summed E-state index contributed by atoms with van der Waals surface area (Å²) in [5.74, 6) is -0.287. The monoisotopic (exact) mass is 250 g/mol. The molecule has 0 aliphatic heterocycles. The Bertz CT molecular complexity index is 593. The summed E-state index contributed by atoms with van der Waals surface area (Å²) in [5.41, 5.74) is 6.87. The third-order valence-electron chi connectivity index (χ3n) is 2.85. The highest BCUT2D eigenvalue weighted by atomic mass is 19.1. The summed E-state index contributed by atoms with van der Waals surface area (Å²) in [6.07, 6.45) is 0.546. The van der Waals surface area contributed by atoms with Crippen molar-refractivity contribution in [3.05, 3.63) is 24.0 Å². The van der Waals surface area contributed by atoms with Gasteiger partial charge in [0, 0.05) is 13.1 Å². The quantitative estimate of drug-likeness (QED) is 0.864. The molecule has 0 bridgehead atoms. The molecule has 1 amide bonds. The lowest BCUT2D eigenvalue weighted by atomic mass is 10.2. The van der Waals surface area contributed by atoms with E-state index >= 15 is 0 Å². The molecular formula is C12H15FN4O. The number of hydrogen-bond acceptors (Lipinski definition) is 3. The Morgan fingerprint density at radius 1 is 1.61 bits per heavy atom. The first-order valence-electron chi connectivity index (χ1n) is 5.71. The maximum absolute atomic E-state index is 13.1. The molecule has 0 saturated carbocycles. The molecule has 0 aliphatic rings. The molecule has 0 spiro atoms. The van der Waals surface area contributed by atoms with Crippen LogP contribution in [0.25, 0.3) is 11.0 Å².